The second-order valence-corrected chi connectivity index (χ2v) is 4.37. The Morgan fingerprint density at radius 1 is 1.35 bits per heavy atom. The molecule has 92 valence electrons. The number of benzene rings is 1. The smallest absolute Gasteiger partial charge is 0.294 e. The van der Waals surface area contributed by atoms with Crippen LogP contribution < -0.4 is 4.90 Å². The Morgan fingerprint density at radius 3 is 2.47 bits per heavy atom. The molecule has 1 heterocycles. The number of nitro benzene ring substituents is 1. The fourth-order valence-corrected chi connectivity index (χ4v) is 2.04. The Hall–Kier alpha value is -1.37. The quantitative estimate of drug-likeness (QED) is 0.605. The number of β-amino-alcohol motifs (C(OH)–C–C–N with tert-alkyl or cyclic N) is 2. The van der Waals surface area contributed by atoms with Crippen molar-refractivity contribution in [2.24, 2.45) is 0 Å². The van der Waals surface area contributed by atoms with Crippen molar-refractivity contribution in [1.29, 1.82) is 0 Å². The highest BCUT2D eigenvalue weighted by molar-refractivity contribution is 6.30. The molecule has 0 aliphatic carbocycles. The van der Waals surface area contributed by atoms with Crippen molar-refractivity contribution in [3.63, 3.8) is 0 Å². The van der Waals surface area contributed by atoms with E-state index >= 15 is 0 Å². The molecule has 1 aromatic carbocycles. The largest absolute Gasteiger partial charge is 0.389 e. The molecule has 0 spiro atoms. The van der Waals surface area contributed by atoms with Crippen LogP contribution in [0.15, 0.2) is 18.2 Å². The normalized spacial score (nSPS) is 24.1. The number of halogens is 1. The van der Waals surface area contributed by atoms with Gasteiger partial charge in [-0.25, -0.2) is 0 Å². The van der Waals surface area contributed by atoms with E-state index < -0.39 is 17.1 Å². The van der Waals surface area contributed by atoms with Crippen LogP contribution in [0.3, 0.4) is 0 Å². The molecule has 0 radical (unpaired) electrons. The third-order valence-electron chi connectivity index (χ3n) is 2.73. The Bertz CT molecular complexity index is 444. The van der Waals surface area contributed by atoms with Gasteiger partial charge in [0.1, 0.15) is 5.69 Å². The van der Waals surface area contributed by atoms with Crippen molar-refractivity contribution in [3.05, 3.63) is 33.3 Å². The van der Waals surface area contributed by atoms with Crippen LogP contribution in [-0.4, -0.2) is 40.4 Å². The van der Waals surface area contributed by atoms with Crippen LogP contribution in [0.5, 0.6) is 0 Å². The predicted octanol–water partition coefficient (Wildman–Crippen LogP) is 0.790. The van der Waals surface area contributed by atoms with Gasteiger partial charge in [-0.2, -0.15) is 0 Å². The van der Waals surface area contributed by atoms with Crippen LogP contribution in [0.25, 0.3) is 0 Å². The number of nitrogens with zero attached hydrogens (tertiary/aromatic N) is 2. The van der Waals surface area contributed by atoms with E-state index in [4.69, 9.17) is 11.6 Å². The summed E-state index contributed by atoms with van der Waals surface area (Å²) in [5.74, 6) is 0. The minimum Gasteiger partial charge on any atom is -0.389 e. The fourth-order valence-electron chi connectivity index (χ4n) is 1.88. The minimum atomic E-state index is -0.884. The Labute approximate surface area is 102 Å². The van der Waals surface area contributed by atoms with E-state index in [0.717, 1.165) is 0 Å². The van der Waals surface area contributed by atoms with Crippen molar-refractivity contribution in [2.45, 2.75) is 12.2 Å². The van der Waals surface area contributed by atoms with Crippen molar-refractivity contribution in [3.8, 4) is 0 Å². The molecule has 1 fully saturated rings. The Morgan fingerprint density at radius 2 is 1.94 bits per heavy atom. The highest BCUT2D eigenvalue weighted by atomic mass is 35.5. The maximum absolute atomic E-state index is 10.9. The van der Waals surface area contributed by atoms with E-state index in [1.54, 1.807) is 11.0 Å². The lowest BCUT2D eigenvalue weighted by Crippen LogP contribution is -2.22. The summed E-state index contributed by atoms with van der Waals surface area (Å²) in [5.41, 5.74) is 0.230. The summed E-state index contributed by atoms with van der Waals surface area (Å²) in [6.45, 7) is 0.341. The number of aliphatic hydroxyl groups excluding tert-OH is 2. The van der Waals surface area contributed by atoms with Crippen molar-refractivity contribution in [2.75, 3.05) is 18.0 Å². The first-order valence-electron chi connectivity index (χ1n) is 5.04. The van der Waals surface area contributed by atoms with Gasteiger partial charge >= 0.3 is 0 Å². The molecule has 2 unspecified atom stereocenters. The molecule has 6 nitrogen and oxygen atoms in total. The van der Waals surface area contributed by atoms with Gasteiger partial charge in [0.05, 0.1) is 17.1 Å². The molecular formula is C10H11ClN2O4. The number of anilines is 1. The first kappa shape index (κ1) is 12.1. The molecule has 17 heavy (non-hydrogen) atoms. The molecule has 0 aromatic heterocycles. The number of aliphatic hydroxyl groups is 2. The highest BCUT2D eigenvalue weighted by Crippen LogP contribution is 2.33. The van der Waals surface area contributed by atoms with Crippen LogP contribution in [0.2, 0.25) is 5.02 Å². The number of hydrogen-bond donors (Lipinski definition) is 2. The predicted molar refractivity (Wildman–Crippen MR) is 62.3 cm³/mol. The molecule has 7 heteroatoms. The van der Waals surface area contributed by atoms with E-state index in [1.165, 1.54) is 12.1 Å². The summed E-state index contributed by atoms with van der Waals surface area (Å²) in [4.78, 5) is 11.9. The topological polar surface area (TPSA) is 86.8 Å². The van der Waals surface area contributed by atoms with Crippen LogP contribution in [0.4, 0.5) is 11.4 Å². The zero-order valence-corrected chi connectivity index (χ0v) is 9.54. The van der Waals surface area contributed by atoms with E-state index in [1.807, 2.05) is 0 Å². The highest BCUT2D eigenvalue weighted by Gasteiger charge is 2.32. The van der Waals surface area contributed by atoms with E-state index in [2.05, 4.69) is 0 Å². The second kappa shape index (κ2) is 4.48. The molecule has 0 amide bonds. The average Bonchev–Trinajstić information content (AvgIpc) is 2.59. The fraction of sp³-hybridized carbons (Fsp3) is 0.400. The molecular weight excluding hydrogens is 248 g/mol. The maximum atomic E-state index is 10.9. The third kappa shape index (κ3) is 2.33. The lowest BCUT2D eigenvalue weighted by molar-refractivity contribution is -0.384. The molecule has 2 rings (SSSR count). The molecule has 1 aromatic rings. The summed E-state index contributed by atoms with van der Waals surface area (Å²) < 4.78 is 0. The van der Waals surface area contributed by atoms with Crippen molar-refractivity contribution < 1.29 is 15.1 Å². The SMILES string of the molecule is O=[N+]([O-])c1cc(Cl)ccc1N1CC(O)C(O)C1. The van der Waals surface area contributed by atoms with Crippen molar-refractivity contribution in [1.82, 2.24) is 0 Å². The maximum Gasteiger partial charge on any atom is 0.294 e. The van der Waals surface area contributed by atoms with Gasteiger partial charge in [-0.3, -0.25) is 10.1 Å². The van der Waals surface area contributed by atoms with Gasteiger partial charge < -0.3 is 15.1 Å². The lowest BCUT2D eigenvalue weighted by atomic mass is 10.2. The summed E-state index contributed by atoms with van der Waals surface area (Å²) in [6, 6.07) is 4.32. The van der Waals surface area contributed by atoms with Crippen LogP contribution in [0, 0.1) is 10.1 Å². The summed E-state index contributed by atoms with van der Waals surface area (Å²) >= 11 is 5.70. The molecule has 2 atom stereocenters. The van der Waals surface area contributed by atoms with Gasteiger partial charge in [-0.1, -0.05) is 11.6 Å². The monoisotopic (exact) mass is 258 g/mol. The Kier molecular flexibility index (Phi) is 3.19. The van der Waals surface area contributed by atoms with Crippen LogP contribution >= 0.6 is 11.6 Å². The minimum absolute atomic E-state index is 0.126. The van der Waals surface area contributed by atoms with E-state index in [0.29, 0.717) is 5.69 Å². The summed E-state index contributed by atoms with van der Waals surface area (Å²) in [7, 11) is 0. The van der Waals surface area contributed by atoms with Gasteiger partial charge in [0.25, 0.3) is 5.69 Å². The summed E-state index contributed by atoms with van der Waals surface area (Å²) in [5, 5.41) is 30.0. The molecule has 2 N–H and O–H groups in total. The molecule has 1 aliphatic rings. The first-order chi connectivity index (χ1) is 7.99. The van der Waals surface area contributed by atoms with E-state index in [9.17, 15) is 20.3 Å². The first-order valence-corrected chi connectivity index (χ1v) is 5.42. The third-order valence-corrected chi connectivity index (χ3v) is 2.97. The molecule has 1 saturated heterocycles. The molecule has 0 bridgehead atoms. The van der Waals surface area contributed by atoms with Crippen molar-refractivity contribution >= 4 is 23.0 Å². The Balaban J connectivity index is 2.36. The number of hydrogen-bond acceptors (Lipinski definition) is 5. The van der Waals surface area contributed by atoms with Gasteiger partial charge in [0.15, 0.2) is 0 Å². The second-order valence-electron chi connectivity index (χ2n) is 3.93. The van der Waals surface area contributed by atoms with Gasteiger partial charge in [0.2, 0.25) is 0 Å². The molecule has 0 saturated carbocycles. The van der Waals surface area contributed by atoms with Gasteiger partial charge in [0, 0.05) is 24.2 Å². The van der Waals surface area contributed by atoms with E-state index in [-0.39, 0.29) is 23.8 Å². The summed E-state index contributed by atoms with van der Waals surface area (Å²) in [6.07, 6.45) is -1.77. The zero-order chi connectivity index (χ0) is 12.6. The zero-order valence-electron chi connectivity index (χ0n) is 8.78. The van der Waals surface area contributed by atoms with Crippen LogP contribution in [-0.2, 0) is 0 Å². The molecule has 1 aliphatic heterocycles. The average molecular weight is 259 g/mol. The number of nitro groups is 1. The standard InChI is InChI=1S/C10H11ClN2O4/c11-6-1-2-7(8(3-6)13(16)17)12-4-9(14)10(15)5-12/h1-3,9-10,14-15H,4-5H2. The van der Waals surface area contributed by atoms with Gasteiger partial charge in [-0.05, 0) is 12.1 Å². The van der Waals surface area contributed by atoms with Gasteiger partial charge in [-0.15, -0.1) is 0 Å². The van der Waals surface area contributed by atoms with Crippen LogP contribution in [0.1, 0.15) is 0 Å². The lowest BCUT2D eigenvalue weighted by Gasteiger charge is -2.17. The number of rotatable bonds is 2.